The molecule has 1 fully saturated rings. The fourth-order valence-corrected chi connectivity index (χ4v) is 2.73. The van der Waals surface area contributed by atoms with Gasteiger partial charge in [0.25, 0.3) is 0 Å². The maximum absolute atomic E-state index is 13.1. The highest BCUT2D eigenvalue weighted by Crippen LogP contribution is 2.41. The van der Waals surface area contributed by atoms with E-state index < -0.39 is 12.0 Å². The number of alkyl halides is 2. The fraction of sp³-hybridized carbons (Fsp3) is 0.538. The zero-order chi connectivity index (χ0) is 13.5. The second-order valence-corrected chi connectivity index (χ2v) is 5.14. The second-order valence-electron chi connectivity index (χ2n) is 5.14. The maximum Gasteiger partial charge on any atom is 0.248 e. The van der Waals surface area contributed by atoms with Crippen molar-refractivity contribution >= 4 is 11.0 Å². The minimum atomic E-state index is -2.58. The fourth-order valence-electron chi connectivity index (χ4n) is 2.73. The van der Waals surface area contributed by atoms with E-state index in [9.17, 15) is 13.9 Å². The van der Waals surface area contributed by atoms with E-state index in [2.05, 4.69) is 15.0 Å². The quantitative estimate of drug-likeness (QED) is 0.879. The number of hydrogen-bond donors (Lipinski definition) is 2. The van der Waals surface area contributed by atoms with Crippen molar-refractivity contribution in [3.63, 3.8) is 0 Å². The minimum Gasteiger partial charge on any atom is -0.386 e. The normalized spacial score (nSPS) is 21.6. The average molecular weight is 267 g/mol. The van der Waals surface area contributed by atoms with E-state index in [-0.39, 0.29) is 18.8 Å². The van der Waals surface area contributed by atoms with Crippen molar-refractivity contribution in [2.45, 2.75) is 37.7 Å². The number of nitrogens with one attached hydrogen (secondary N) is 1. The van der Waals surface area contributed by atoms with Gasteiger partial charge in [-0.1, -0.05) is 0 Å². The van der Waals surface area contributed by atoms with Crippen LogP contribution in [0.5, 0.6) is 0 Å². The van der Waals surface area contributed by atoms with Gasteiger partial charge in [0.2, 0.25) is 5.92 Å². The lowest BCUT2D eigenvalue weighted by molar-refractivity contribution is -0.0630. The SMILES string of the molecule is OC(c1ncnc2[nH]ccc12)C1CCC(F)(F)CC1. The first kappa shape index (κ1) is 12.5. The highest BCUT2D eigenvalue weighted by molar-refractivity contribution is 5.77. The number of hydrogen-bond acceptors (Lipinski definition) is 3. The number of aliphatic hydroxyl groups is 1. The number of aromatic nitrogens is 3. The lowest BCUT2D eigenvalue weighted by atomic mass is 9.82. The Balaban J connectivity index is 1.84. The lowest BCUT2D eigenvalue weighted by Gasteiger charge is -2.31. The molecule has 1 aliphatic carbocycles. The predicted molar refractivity (Wildman–Crippen MR) is 65.8 cm³/mol. The Hall–Kier alpha value is -1.56. The third kappa shape index (κ3) is 2.32. The highest BCUT2D eigenvalue weighted by Gasteiger charge is 2.38. The molecule has 0 radical (unpaired) electrons. The van der Waals surface area contributed by atoms with E-state index in [4.69, 9.17) is 0 Å². The molecule has 0 bridgehead atoms. The first-order valence-electron chi connectivity index (χ1n) is 6.41. The number of halogens is 2. The van der Waals surface area contributed by atoms with Gasteiger partial charge in [0.1, 0.15) is 12.0 Å². The van der Waals surface area contributed by atoms with Crippen LogP contribution >= 0.6 is 0 Å². The van der Waals surface area contributed by atoms with E-state index >= 15 is 0 Å². The molecule has 2 aromatic heterocycles. The van der Waals surface area contributed by atoms with Gasteiger partial charge in [0, 0.05) is 24.4 Å². The molecule has 0 spiro atoms. The summed E-state index contributed by atoms with van der Waals surface area (Å²) in [4.78, 5) is 11.1. The van der Waals surface area contributed by atoms with E-state index in [1.807, 2.05) is 0 Å². The maximum atomic E-state index is 13.1. The van der Waals surface area contributed by atoms with Crippen LogP contribution in [0.4, 0.5) is 8.78 Å². The molecule has 3 rings (SSSR count). The summed E-state index contributed by atoms with van der Waals surface area (Å²) < 4.78 is 26.3. The molecular formula is C13H15F2N3O. The van der Waals surface area contributed by atoms with E-state index in [0.717, 1.165) is 5.39 Å². The number of aromatic amines is 1. The molecule has 4 nitrogen and oxygen atoms in total. The number of H-pyrrole nitrogens is 1. The van der Waals surface area contributed by atoms with Gasteiger partial charge in [0.15, 0.2) is 0 Å². The van der Waals surface area contributed by atoms with Crippen molar-refractivity contribution in [2.75, 3.05) is 0 Å². The summed E-state index contributed by atoms with van der Waals surface area (Å²) >= 11 is 0. The first-order chi connectivity index (χ1) is 9.07. The van der Waals surface area contributed by atoms with Crippen molar-refractivity contribution in [2.24, 2.45) is 5.92 Å². The molecule has 2 N–H and O–H groups in total. The Morgan fingerprint density at radius 1 is 1.32 bits per heavy atom. The number of rotatable bonds is 2. The van der Waals surface area contributed by atoms with Crippen LogP contribution in [0.25, 0.3) is 11.0 Å². The molecule has 1 aliphatic rings. The Bertz CT molecular complexity index is 574. The molecule has 2 heterocycles. The summed E-state index contributed by atoms with van der Waals surface area (Å²) in [5.41, 5.74) is 1.19. The summed E-state index contributed by atoms with van der Waals surface area (Å²) in [5.74, 6) is -2.74. The molecule has 1 saturated carbocycles. The largest absolute Gasteiger partial charge is 0.386 e. The molecule has 1 unspecified atom stereocenters. The van der Waals surface area contributed by atoms with Gasteiger partial charge in [-0.2, -0.15) is 0 Å². The molecule has 2 aromatic rings. The van der Waals surface area contributed by atoms with Gasteiger partial charge in [0.05, 0.1) is 11.8 Å². The van der Waals surface area contributed by atoms with Gasteiger partial charge in [-0.3, -0.25) is 0 Å². The van der Waals surface area contributed by atoms with Crippen molar-refractivity contribution in [3.8, 4) is 0 Å². The highest BCUT2D eigenvalue weighted by atomic mass is 19.3. The second kappa shape index (κ2) is 4.52. The summed E-state index contributed by atoms with van der Waals surface area (Å²) in [7, 11) is 0. The zero-order valence-electron chi connectivity index (χ0n) is 10.3. The number of nitrogens with zero attached hydrogens (tertiary/aromatic N) is 2. The van der Waals surface area contributed by atoms with E-state index in [0.29, 0.717) is 24.2 Å². The molecule has 6 heteroatoms. The topological polar surface area (TPSA) is 61.8 Å². The van der Waals surface area contributed by atoms with Crippen LogP contribution in [-0.2, 0) is 0 Å². The molecule has 19 heavy (non-hydrogen) atoms. The van der Waals surface area contributed by atoms with Crippen molar-refractivity contribution in [1.29, 1.82) is 0 Å². The van der Waals surface area contributed by atoms with Crippen LogP contribution < -0.4 is 0 Å². The van der Waals surface area contributed by atoms with E-state index in [1.54, 1.807) is 12.3 Å². The molecule has 1 atom stereocenters. The van der Waals surface area contributed by atoms with Crippen molar-refractivity contribution in [1.82, 2.24) is 15.0 Å². The molecular weight excluding hydrogens is 252 g/mol. The first-order valence-corrected chi connectivity index (χ1v) is 6.41. The Kier molecular flexibility index (Phi) is 2.97. The van der Waals surface area contributed by atoms with Crippen LogP contribution in [-0.4, -0.2) is 26.0 Å². The summed E-state index contributed by atoms with van der Waals surface area (Å²) in [6.07, 6.45) is 2.64. The third-order valence-electron chi connectivity index (χ3n) is 3.87. The predicted octanol–water partition coefficient (Wildman–Crippen LogP) is 2.82. The van der Waals surface area contributed by atoms with Gasteiger partial charge in [-0.05, 0) is 24.8 Å². The lowest BCUT2D eigenvalue weighted by Crippen LogP contribution is -2.28. The summed E-state index contributed by atoms with van der Waals surface area (Å²) in [5, 5.41) is 11.1. The zero-order valence-corrected chi connectivity index (χ0v) is 10.3. The van der Waals surface area contributed by atoms with Crippen LogP contribution in [0.15, 0.2) is 18.6 Å². The van der Waals surface area contributed by atoms with Gasteiger partial charge in [-0.15, -0.1) is 0 Å². The number of fused-ring (bicyclic) bond motifs is 1. The van der Waals surface area contributed by atoms with Crippen LogP contribution in [0.1, 0.15) is 37.5 Å². The van der Waals surface area contributed by atoms with Crippen LogP contribution in [0, 0.1) is 5.92 Å². The third-order valence-corrected chi connectivity index (χ3v) is 3.87. The van der Waals surface area contributed by atoms with E-state index in [1.165, 1.54) is 6.33 Å². The minimum absolute atomic E-state index is 0.157. The van der Waals surface area contributed by atoms with Gasteiger partial charge < -0.3 is 10.1 Å². The Morgan fingerprint density at radius 3 is 2.79 bits per heavy atom. The molecule has 0 aromatic carbocycles. The summed E-state index contributed by atoms with van der Waals surface area (Å²) in [6.45, 7) is 0. The van der Waals surface area contributed by atoms with Crippen molar-refractivity contribution in [3.05, 3.63) is 24.3 Å². The number of aliphatic hydroxyl groups excluding tert-OH is 1. The Labute approximate surface area is 108 Å². The summed E-state index contributed by atoms with van der Waals surface area (Å²) in [6, 6.07) is 1.80. The Morgan fingerprint density at radius 2 is 2.05 bits per heavy atom. The van der Waals surface area contributed by atoms with Gasteiger partial charge >= 0.3 is 0 Å². The molecule has 0 aliphatic heterocycles. The van der Waals surface area contributed by atoms with Crippen molar-refractivity contribution < 1.29 is 13.9 Å². The van der Waals surface area contributed by atoms with Crippen LogP contribution in [0.2, 0.25) is 0 Å². The van der Waals surface area contributed by atoms with Gasteiger partial charge in [-0.25, -0.2) is 18.7 Å². The monoisotopic (exact) mass is 267 g/mol. The average Bonchev–Trinajstić information content (AvgIpc) is 2.86. The molecule has 102 valence electrons. The molecule has 0 amide bonds. The van der Waals surface area contributed by atoms with Crippen LogP contribution in [0.3, 0.4) is 0 Å². The smallest absolute Gasteiger partial charge is 0.248 e. The molecule has 0 saturated heterocycles. The standard InChI is InChI=1S/C13H15F2N3O/c14-13(15)4-1-8(2-5-13)11(19)10-9-3-6-16-12(9)18-7-17-10/h3,6-8,11,19H,1-2,4-5H2,(H,16,17,18).